The van der Waals surface area contributed by atoms with Crippen LogP contribution in [0.15, 0.2) is 21.9 Å². The Morgan fingerprint density at radius 3 is 2.45 bits per heavy atom. The van der Waals surface area contributed by atoms with Crippen molar-refractivity contribution >= 4 is 23.7 Å². The van der Waals surface area contributed by atoms with E-state index in [1.54, 1.807) is 19.3 Å². The lowest BCUT2D eigenvalue weighted by Crippen LogP contribution is -2.62. The fourth-order valence-electron chi connectivity index (χ4n) is 6.12. The maximum Gasteiger partial charge on any atom is 0.321 e. The highest BCUT2D eigenvalue weighted by Gasteiger charge is 2.51. The number of carbonyl (C=O) groups is 2. The molecule has 1 atom stereocenters. The van der Waals surface area contributed by atoms with Gasteiger partial charge in [-0.1, -0.05) is 11.8 Å². The zero-order chi connectivity index (χ0) is 21.8. The number of carbonyl (C=O) groups excluding carboxylic acids is 2. The first-order valence-corrected chi connectivity index (χ1v) is 11.7. The van der Waals surface area contributed by atoms with Crippen LogP contribution in [0.1, 0.15) is 51.2 Å². The summed E-state index contributed by atoms with van der Waals surface area (Å²) in [7, 11) is 0. The lowest BCUT2D eigenvalue weighted by atomic mass is 9.53. The summed E-state index contributed by atoms with van der Waals surface area (Å²) >= 11 is 1.16. The number of aromatic nitrogens is 3. The molecule has 4 N–H and O–H groups in total. The third-order valence-electron chi connectivity index (χ3n) is 7.07. The highest BCUT2D eigenvalue weighted by atomic mass is 32.2. The van der Waals surface area contributed by atoms with E-state index in [4.69, 9.17) is 10.3 Å². The number of nitrogen functional groups attached to an aromatic ring is 1. The molecule has 0 aliphatic heterocycles. The molecule has 0 radical (unpaired) electrons. The number of furan rings is 1. The molecule has 2 aromatic rings. The molecule has 10 heteroatoms. The number of rotatable bonds is 5. The van der Waals surface area contributed by atoms with Crippen LogP contribution in [0.3, 0.4) is 0 Å². The second-order valence-corrected chi connectivity index (χ2v) is 10.8. The highest BCUT2D eigenvalue weighted by Crippen LogP contribution is 2.55. The number of nitrogens with one attached hydrogen (secondary N) is 2. The van der Waals surface area contributed by atoms with E-state index in [-0.39, 0.29) is 11.4 Å². The van der Waals surface area contributed by atoms with E-state index in [1.165, 1.54) is 23.9 Å². The van der Waals surface area contributed by atoms with Crippen LogP contribution in [0.25, 0.3) is 11.4 Å². The summed E-state index contributed by atoms with van der Waals surface area (Å²) in [5, 5.41) is 13.7. The molecule has 6 rings (SSSR count). The molecule has 0 spiro atoms. The molecule has 2 aromatic heterocycles. The first-order chi connectivity index (χ1) is 14.8. The van der Waals surface area contributed by atoms with Gasteiger partial charge >= 0.3 is 6.03 Å². The summed E-state index contributed by atoms with van der Waals surface area (Å²) in [5.41, 5.74) is 0.610. The Bertz CT molecular complexity index is 979. The lowest BCUT2D eigenvalue weighted by Gasteiger charge is -2.56. The minimum absolute atomic E-state index is 0.135. The number of amides is 3. The van der Waals surface area contributed by atoms with Crippen molar-refractivity contribution in [2.45, 2.75) is 68.3 Å². The van der Waals surface area contributed by atoms with Gasteiger partial charge in [0.25, 0.3) is 0 Å². The van der Waals surface area contributed by atoms with Crippen LogP contribution in [0.2, 0.25) is 0 Å². The summed E-state index contributed by atoms with van der Waals surface area (Å²) in [6.45, 7) is 3.53. The van der Waals surface area contributed by atoms with E-state index >= 15 is 0 Å². The van der Waals surface area contributed by atoms with Crippen molar-refractivity contribution in [2.75, 3.05) is 5.84 Å². The molecule has 4 fully saturated rings. The van der Waals surface area contributed by atoms with Gasteiger partial charge in [-0.2, -0.15) is 0 Å². The molecule has 9 nitrogen and oxygen atoms in total. The molecule has 0 saturated heterocycles. The van der Waals surface area contributed by atoms with E-state index in [9.17, 15) is 9.59 Å². The minimum Gasteiger partial charge on any atom is -0.469 e. The average Bonchev–Trinajstić information content (AvgIpc) is 3.25. The Labute approximate surface area is 184 Å². The van der Waals surface area contributed by atoms with Gasteiger partial charge in [-0.3, -0.25) is 10.1 Å². The zero-order valence-corrected chi connectivity index (χ0v) is 18.6. The van der Waals surface area contributed by atoms with Gasteiger partial charge in [-0.15, -0.1) is 10.2 Å². The Hall–Kier alpha value is -2.49. The van der Waals surface area contributed by atoms with Gasteiger partial charge in [0.2, 0.25) is 11.1 Å². The number of hydrogen-bond donors (Lipinski definition) is 3. The molecule has 4 aliphatic carbocycles. The van der Waals surface area contributed by atoms with Crippen molar-refractivity contribution in [2.24, 2.45) is 17.8 Å². The molecular weight excluding hydrogens is 416 g/mol. The van der Waals surface area contributed by atoms with Crippen molar-refractivity contribution in [3.63, 3.8) is 0 Å². The smallest absolute Gasteiger partial charge is 0.321 e. The number of imide groups is 1. The lowest BCUT2D eigenvalue weighted by molar-refractivity contribution is -0.119. The van der Waals surface area contributed by atoms with Gasteiger partial charge in [0.05, 0.1) is 17.1 Å². The maximum absolute atomic E-state index is 12.6. The first kappa shape index (κ1) is 20.4. The van der Waals surface area contributed by atoms with Crippen molar-refractivity contribution < 1.29 is 14.0 Å². The predicted octanol–water partition coefficient (Wildman–Crippen LogP) is 2.84. The van der Waals surface area contributed by atoms with Crippen LogP contribution in [-0.2, 0) is 4.79 Å². The van der Waals surface area contributed by atoms with Crippen LogP contribution < -0.4 is 16.5 Å². The van der Waals surface area contributed by atoms with Crippen molar-refractivity contribution in [1.29, 1.82) is 0 Å². The first-order valence-electron chi connectivity index (χ1n) is 10.9. The molecule has 4 bridgehead atoms. The van der Waals surface area contributed by atoms with Crippen LogP contribution in [0.4, 0.5) is 4.79 Å². The molecular formula is C21H28N6O3S. The quantitative estimate of drug-likeness (QED) is 0.478. The van der Waals surface area contributed by atoms with E-state index in [0.29, 0.717) is 16.7 Å². The minimum atomic E-state index is -0.563. The van der Waals surface area contributed by atoms with Crippen LogP contribution >= 0.6 is 11.8 Å². The number of thioether (sulfide) groups is 1. The summed E-state index contributed by atoms with van der Waals surface area (Å²) in [4.78, 5) is 25.3. The van der Waals surface area contributed by atoms with E-state index < -0.39 is 11.3 Å². The molecule has 1 unspecified atom stereocenters. The zero-order valence-electron chi connectivity index (χ0n) is 17.8. The maximum atomic E-state index is 12.6. The second kappa shape index (κ2) is 7.58. The van der Waals surface area contributed by atoms with Gasteiger partial charge in [0.15, 0.2) is 5.82 Å². The van der Waals surface area contributed by atoms with Gasteiger partial charge in [0.1, 0.15) is 5.76 Å². The topological polar surface area (TPSA) is 128 Å². The fraction of sp³-hybridized carbons (Fsp3) is 0.619. The molecule has 3 amide bonds. The molecule has 4 aliphatic rings. The molecule has 31 heavy (non-hydrogen) atoms. The Morgan fingerprint density at radius 1 is 1.23 bits per heavy atom. The van der Waals surface area contributed by atoms with Gasteiger partial charge in [0, 0.05) is 5.54 Å². The monoisotopic (exact) mass is 444 g/mol. The third kappa shape index (κ3) is 3.81. The summed E-state index contributed by atoms with van der Waals surface area (Å²) in [6.07, 6.45) is 8.58. The number of nitrogens with two attached hydrogens (primary N) is 1. The Kier molecular flexibility index (Phi) is 4.99. The normalized spacial score (nSPS) is 29.7. The Morgan fingerprint density at radius 2 is 1.87 bits per heavy atom. The fourth-order valence-corrected chi connectivity index (χ4v) is 6.89. The second-order valence-electron chi connectivity index (χ2n) is 9.47. The standard InChI is InChI=1S/C21H28N6O3S/c1-11-16(3-4-30-11)17-25-26-20(27(17)22)31-12(2)18(28)23-19(29)24-21-8-13-5-14(9-21)7-15(6-13)10-21/h3-4,12-15H,5-10,22H2,1-2H3,(H2,23,24,28,29). The summed E-state index contributed by atoms with van der Waals surface area (Å²) in [6, 6.07) is 1.37. The van der Waals surface area contributed by atoms with E-state index in [1.807, 2.05) is 6.92 Å². The third-order valence-corrected chi connectivity index (χ3v) is 8.13. The molecule has 4 saturated carbocycles. The van der Waals surface area contributed by atoms with Gasteiger partial charge in [-0.25, -0.2) is 9.47 Å². The van der Waals surface area contributed by atoms with Crippen molar-refractivity contribution in [3.05, 3.63) is 18.1 Å². The van der Waals surface area contributed by atoms with Crippen LogP contribution in [0.5, 0.6) is 0 Å². The molecule has 2 heterocycles. The van der Waals surface area contributed by atoms with Crippen LogP contribution in [0, 0.1) is 24.7 Å². The number of urea groups is 1. The van der Waals surface area contributed by atoms with Crippen molar-refractivity contribution in [1.82, 2.24) is 25.5 Å². The Balaban J connectivity index is 1.19. The number of nitrogens with zero attached hydrogens (tertiary/aromatic N) is 3. The van der Waals surface area contributed by atoms with Crippen LogP contribution in [-0.4, -0.2) is 37.6 Å². The summed E-state index contributed by atoms with van der Waals surface area (Å²) in [5.74, 6) is 9.06. The molecule has 166 valence electrons. The number of aryl methyl sites for hydroxylation is 1. The molecule has 0 aromatic carbocycles. The van der Waals surface area contributed by atoms with E-state index in [0.717, 1.165) is 54.3 Å². The van der Waals surface area contributed by atoms with Gasteiger partial charge in [-0.05, 0) is 76.2 Å². The largest absolute Gasteiger partial charge is 0.469 e. The highest BCUT2D eigenvalue weighted by molar-refractivity contribution is 8.00. The van der Waals surface area contributed by atoms with Crippen molar-refractivity contribution in [3.8, 4) is 11.4 Å². The van der Waals surface area contributed by atoms with Gasteiger partial charge < -0.3 is 15.6 Å². The average molecular weight is 445 g/mol. The van der Waals surface area contributed by atoms with E-state index in [2.05, 4.69) is 20.8 Å². The predicted molar refractivity (Wildman–Crippen MR) is 116 cm³/mol. The summed E-state index contributed by atoms with van der Waals surface area (Å²) < 4.78 is 6.63. The SMILES string of the molecule is Cc1occc1-c1nnc(SC(C)C(=O)NC(=O)NC23CC4CC(CC(C4)C2)C3)n1N. The number of hydrogen-bond acceptors (Lipinski definition) is 7.